The molecule has 1 fully saturated rings. The number of likely N-dealkylation sites (tertiary alicyclic amines) is 1. The van der Waals surface area contributed by atoms with Crippen LogP contribution in [0.15, 0.2) is 0 Å². The van der Waals surface area contributed by atoms with Crippen molar-refractivity contribution in [2.75, 3.05) is 39.4 Å². The van der Waals surface area contributed by atoms with Crippen LogP contribution < -0.4 is 5.32 Å². The molecule has 19 heavy (non-hydrogen) atoms. The van der Waals surface area contributed by atoms with Crippen LogP contribution in [0.5, 0.6) is 0 Å². The molecule has 0 atom stereocenters. The molecule has 0 aromatic rings. The maximum Gasteiger partial charge on any atom is 0.0600 e. The van der Waals surface area contributed by atoms with Crippen LogP contribution in [-0.4, -0.2) is 62.5 Å². The van der Waals surface area contributed by atoms with Crippen molar-refractivity contribution in [2.45, 2.75) is 58.8 Å². The Morgan fingerprint density at radius 3 is 2.37 bits per heavy atom. The highest BCUT2D eigenvalue weighted by Crippen LogP contribution is 2.13. The van der Waals surface area contributed by atoms with Gasteiger partial charge in [0, 0.05) is 32.2 Å². The molecule has 0 radical (unpaired) electrons. The van der Waals surface area contributed by atoms with Gasteiger partial charge in [0.25, 0.3) is 0 Å². The quantitative estimate of drug-likeness (QED) is 0.650. The van der Waals surface area contributed by atoms with Gasteiger partial charge < -0.3 is 19.7 Å². The number of hydrogen-bond acceptors (Lipinski definition) is 4. The van der Waals surface area contributed by atoms with Crippen LogP contribution in [0.1, 0.15) is 40.5 Å². The fourth-order valence-corrected chi connectivity index (χ4v) is 2.29. The summed E-state index contributed by atoms with van der Waals surface area (Å²) in [5.74, 6) is 0. The Morgan fingerprint density at radius 2 is 1.79 bits per heavy atom. The molecule has 4 nitrogen and oxygen atoms in total. The maximum atomic E-state index is 5.90. The molecule has 0 amide bonds. The SMILES string of the molecule is CC(C)NCCOC1CCN(CCOC(C)C)CC1. The topological polar surface area (TPSA) is 33.7 Å². The van der Waals surface area contributed by atoms with E-state index in [-0.39, 0.29) is 0 Å². The highest BCUT2D eigenvalue weighted by Gasteiger charge is 2.19. The molecule has 1 rings (SSSR count). The Morgan fingerprint density at radius 1 is 1.11 bits per heavy atom. The fourth-order valence-electron chi connectivity index (χ4n) is 2.29. The predicted molar refractivity (Wildman–Crippen MR) is 79.6 cm³/mol. The monoisotopic (exact) mass is 272 g/mol. The summed E-state index contributed by atoms with van der Waals surface area (Å²) in [6.07, 6.45) is 3.11. The molecule has 0 bridgehead atoms. The lowest BCUT2D eigenvalue weighted by Crippen LogP contribution is -2.39. The number of piperidine rings is 1. The third-order valence-corrected chi connectivity index (χ3v) is 3.40. The Hall–Kier alpha value is -0.160. The Balaban J connectivity index is 1.99. The van der Waals surface area contributed by atoms with Gasteiger partial charge in [-0.2, -0.15) is 0 Å². The lowest BCUT2D eigenvalue weighted by molar-refractivity contribution is -0.00248. The number of rotatable bonds is 9. The molecule has 1 N–H and O–H groups in total. The first-order chi connectivity index (χ1) is 9.08. The molecule has 0 aliphatic carbocycles. The Kier molecular flexibility index (Phi) is 8.62. The van der Waals surface area contributed by atoms with Crippen molar-refractivity contribution < 1.29 is 9.47 Å². The zero-order valence-corrected chi connectivity index (χ0v) is 13.2. The number of nitrogens with one attached hydrogen (secondary N) is 1. The van der Waals surface area contributed by atoms with Gasteiger partial charge in [-0.05, 0) is 26.7 Å². The number of nitrogens with zero attached hydrogens (tertiary/aromatic N) is 1. The van der Waals surface area contributed by atoms with Gasteiger partial charge in [0.05, 0.1) is 25.4 Å². The van der Waals surface area contributed by atoms with Crippen LogP contribution in [-0.2, 0) is 9.47 Å². The molecular weight excluding hydrogens is 240 g/mol. The van der Waals surface area contributed by atoms with E-state index in [1.54, 1.807) is 0 Å². The first-order valence-corrected chi connectivity index (χ1v) is 7.77. The minimum Gasteiger partial charge on any atom is -0.377 e. The first kappa shape index (κ1) is 16.9. The van der Waals surface area contributed by atoms with E-state index >= 15 is 0 Å². The third kappa shape index (κ3) is 8.58. The lowest BCUT2D eigenvalue weighted by Gasteiger charge is -2.32. The third-order valence-electron chi connectivity index (χ3n) is 3.40. The van der Waals surface area contributed by atoms with E-state index in [1.165, 1.54) is 0 Å². The van der Waals surface area contributed by atoms with E-state index in [0.29, 0.717) is 18.2 Å². The van der Waals surface area contributed by atoms with E-state index in [2.05, 4.69) is 37.9 Å². The van der Waals surface area contributed by atoms with Crippen LogP contribution in [0.3, 0.4) is 0 Å². The minimum atomic E-state index is 0.342. The standard InChI is InChI=1S/C15H32N2O2/c1-13(2)16-7-11-19-15-5-8-17(9-6-15)10-12-18-14(3)4/h13-16H,5-12H2,1-4H3. The highest BCUT2D eigenvalue weighted by atomic mass is 16.5. The molecule has 0 saturated carbocycles. The highest BCUT2D eigenvalue weighted by molar-refractivity contribution is 4.72. The Bertz CT molecular complexity index is 214. The van der Waals surface area contributed by atoms with Gasteiger partial charge in [0.1, 0.15) is 0 Å². The van der Waals surface area contributed by atoms with Crippen LogP contribution in [0, 0.1) is 0 Å². The van der Waals surface area contributed by atoms with Gasteiger partial charge >= 0.3 is 0 Å². The molecule has 1 aliphatic heterocycles. The van der Waals surface area contributed by atoms with E-state index in [1.807, 2.05) is 0 Å². The molecule has 114 valence electrons. The fraction of sp³-hybridized carbons (Fsp3) is 1.00. The van der Waals surface area contributed by atoms with Crippen molar-refractivity contribution in [1.29, 1.82) is 0 Å². The van der Waals surface area contributed by atoms with Crippen molar-refractivity contribution >= 4 is 0 Å². The second-order valence-corrected chi connectivity index (χ2v) is 5.94. The van der Waals surface area contributed by atoms with Crippen LogP contribution in [0.2, 0.25) is 0 Å². The van der Waals surface area contributed by atoms with Gasteiger partial charge in [-0.1, -0.05) is 13.8 Å². The van der Waals surface area contributed by atoms with Crippen LogP contribution in [0.4, 0.5) is 0 Å². The normalized spacial score (nSPS) is 18.6. The first-order valence-electron chi connectivity index (χ1n) is 7.77. The van der Waals surface area contributed by atoms with Crippen molar-refractivity contribution in [1.82, 2.24) is 10.2 Å². The summed E-state index contributed by atoms with van der Waals surface area (Å²) < 4.78 is 11.5. The Labute approximate surface area is 118 Å². The summed E-state index contributed by atoms with van der Waals surface area (Å²) in [5.41, 5.74) is 0. The smallest absolute Gasteiger partial charge is 0.0600 e. The average molecular weight is 272 g/mol. The zero-order valence-electron chi connectivity index (χ0n) is 13.2. The number of hydrogen-bond donors (Lipinski definition) is 1. The molecule has 0 aromatic carbocycles. The van der Waals surface area contributed by atoms with Gasteiger partial charge in [-0.25, -0.2) is 0 Å². The van der Waals surface area contributed by atoms with E-state index in [4.69, 9.17) is 9.47 Å². The van der Waals surface area contributed by atoms with E-state index in [9.17, 15) is 0 Å². The molecule has 1 heterocycles. The zero-order chi connectivity index (χ0) is 14.1. The minimum absolute atomic E-state index is 0.342. The van der Waals surface area contributed by atoms with Crippen molar-refractivity contribution in [3.8, 4) is 0 Å². The molecule has 0 spiro atoms. The molecule has 4 heteroatoms. The lowest BCUT2D eigenvalue weighted by atomic mass is 10.1. The molecule has 1 saturated heterocycles. The van der Waals surface area contributed by atoms with E-state index < -0.39 is 0 Å². The molecule has 0 unspecified atom stereocenters. The van der Waals surface area contributed by atoms with Crippen LogP contribution in [0.25, 0.3) is 0 Å². The summed E-state index contributed by atoms with van der Waals surface area (Å²) in [6, 6.07) is 0.548. The van der Waals surface area contributed by atoms with Crippen molar-refractivity contribution in [2.24, 2.45) is 0 Å². The summed E-state index contributed by atoms with van der Waals surface area (Å²) >= 11 is 0. The predicted octanol–water partition coefficient (Wildman–Crippen LogP) is 1.89. The molecular formula is C15H32N2O2. The summed E-state index contributed by atoms with van der Waals surface area (Å²) in [7, 11) is 0. The summed E-state index contributed by atoms with van der Waals surface area (Å²) in [5, 5.41) is 3.38. The second-order valence-electron chi connectivity index (χ2n) is 5.94. The van der Waals surface area contributed by atoms with Crippen LogP contribution >= 0.6 is 0 Å². The summed E-state index contributed by atoms with van der Waals surface area (Å²) in [6.45, 7) is 14.5. The summed E-state index contributed by atoms with van der Waals surface area (Å²) in [4.78, 5) is 2.48. The number of ether oxygens (including phenoxy) is 2. The van der Waals surface area contributed by atoms with Crippen molar-refractivity contribution in [3.05, 3.63) is 0 Å². The van der Waals surface area contributed by atoms with E-state index in [0.717, 1.165) is 52.2 Å². The largest absolute Gasteiger partial charge is 0.377 e. The second kappa shape index (κ2) is 9.70. The average Bonchev–Trinajstić information content (AvgIpc) is 2.36. The molecule has 0 aromatic heterocycles. The van der Waals surface area contributed by atoms with Gasteiger partial charge in [-0.3, -0.25) is 0 Å². The van der Waals surface area contributed by atoms with Gasteiger partial charge in [0.15, 0.2) is 0 Å². The van der Waals surface area contributed by atoms with Gasteiger partial charge in [0.2, 0.25) is 0 Å². The maximum absolute atomic E-state index is 5.90. The van der Waals surface area contributed by atoms with Gasteiger partial charge in [-0.15, -0.1) is 0 Å². The molecule has 1 aliphatic rings. The van der Waals surface area contributed by atoms with Crippen molar-refractivity contribution in [3.63, 3.8) is 0 Å².